The van der Waals surface area contributed by atoms with Crippen molar-refractivity contribution in [3.8, 4) is 11.1 Å². The van der Waals surface area contributed by atoms with Crippen molar-refractivity contribution in [1.82, 2.24) is 0 Å². The van der Waals surface area contributed by atoms with E-state index in [2.05, 4.69) is 55.6 Å². The van der Waals surface area contributed by atoms with E-state index in [1.807, 2.05) is 30.4 Å². The van der Waals surface area contributed by atoms with Crippen molar-refractivity contribution in [2.24, 2.45) is 0 Å². The van der Waals surface area contributed by atoms with Crippen LogP contribution < -0.4 is 24.8 Å². The fraction of sp³-hybridized carbons (Fsp3) is 0.0571. The van der Waals surface area contributed by atoms with Gasteiger partial charge >= 0.3 is 108 Å². The van der Waals surface area contributed by atoms with Crippen LogP contribution in [0.5, 0.6) is 0 Å². The topological polar surface area (TPSA) is 0 Å². The molecule has 2 aliphatic carbocycles. The van der Waals surface area contributed by atoms with Gasteiger partial charge in [0.05, 0.1) is 0 Å². The van der Waals surface area contributed by atoms with Crippen molar-refractivity contribution in [1.29, 1.82) is 0 Å². The molecule has 5 heteroatoms. The summed E-state index contributed by atoms with van der Waals surface area (Å²) in [6.07, 6.45) is 14.7. The molecule has 0 heterocycles. The third-order valence-corrected chi connectivity index (χ3v) is 7.58. The summed E-state index contributed by atoms with van der Waals surface area (Å²) in [5.74, 6) is -0.488. The Morgan fingerprint density at radius 3 is 1.82 bits per heavy atom. The van der Waals surface area contributed by atoms with Crippen molar-refractivity contribution in [3.63, 3.8) is 0 Å². The number of allylic oxidation sites excluding steroid dienone is 4. The van der Waals surface area contributed by atoms with Crippen molar-refractivity contribution in [2.45, 2.75) is 12.8 Å². The van der Waals surface area contributed by atoms with Crippen LogP contribution in [0.3, 0.4) is 0 Å². The summed E-state index contributed by atoms with van der Waals surface area (Å²) >= 11 is 1.22. The zero-order valence-electron chi connectivity index (χ0n) is 21.7. The molecule has 0 saturated heterocycles. The van der Waals surface area contributed by atoms with Crippen LogP contribution in [0.15, 0.2) is 110 Å². The summed E-state index contributed by atoms with van der Waals surface area (Å²) in [6.45, 7) is 7.63. The number of rotatable bonds is 4. The second-order valence-electron chi connectivity index (χ2n) is 8.72. The van der Waals surface area contributed by atoms with Crippen LogP contribution >= 0.6 is 0 Å². The fourth-order valence-electron chi connectivity index (χ4n) is 4.10. The smallest absolute Gasteiger partial charge is 0.109 e. The average molecular weight is 647 g/mol. The van der Waals surface area contributed by atoms with Gasteiger partial charge in [0.25, 0.3) is 0 Å². The van der Waals surface area contributed by atoms with E-state index in [-0.39, 0.29) is 36.4 Å². The van der Waals surface area contributed by atoms with Gasteiger partial charge in [0.1, 0.15) is 0 Å². The molecule has 0 spiro atoms. The molecule has 0 unspecified atom stereocenters. The Kier molecular flexibility index (Phi) is 13.6. The predicted molar refractivity (Wildman–Crippen MR) is 151 cm³/mol. The van der Waals surface area contributed by atoms with Crippen molar-refractivity contribution in [3.05, 3.63) is 167 Å². The number of halogens is 4. The van der Waals surface area contributed by atoms with Crippen LogP contribution in [-0.4, -0.2) is 3.21 Å². The Hall–Kier alpha value is -2.97. The molecule has 0 nitrogen and oxygen atoms in total. The number of hydrogen-bond donors (Lipinski definition) is 0. The van der Waals surface area contributed by atoms with Gasteiger partial charge in [-0.1, -0.05) is 42.0 Å². The van der Waals surface area contributed by atoms with Gasteiger partial charge in [-0.25, -0.2) is 12.2 Å². The van der Waals surface area contributed by atoms with E-state index >= 15 is 0 Å². The third-order valence-electron chi connectivity index (χ3n) is 6.16. The first kappa shape index (κ1) is 33.2. The predicted octanol–water partition coefficient (Wildman–Crippen LogP) is 2.74. The van der Waals surface area contributed by atoms with E-state index in [1.165, 1.54) is 76.3 Å². The first-order valence-electron chi connectivity index (χ1n) is 12.2. The molecular formula is C35H26Cl2F2Zr-2. The Balaban J connectivity index is 0.000000229. The summed E-state index contributed by atoms with van der Waals surface area (Å²) in [6, 6.07) is 26.8. The second kappa shape index (κ2) is 16.3. The third kappa shape index (κ3) is 8.77. The van der Waals surface area contributed by atoms with E-state index in [0.717, 1.165) is 32.7 Å². The SMILES string of the molecule is C=Cc1c[c-]c2c(c1)-c1cc(C=C)ccc1C2.Fc1ccc([C](=[Zr+2])c2ccc(F)cc2)cc1.[C-]1=CC=CC1.[Cl-].[Cl-]. The summed E-state index contributed by atoms with van der Waals surface area (Å²) in [5.41, 5.74) is 9.52. The molecule has 4 aromatic carbocycles. The fourth-order valence-corrected chi connectivity index (χ4v) is 4.92. The van der Waals surface area contributed by atoms with Crippen LogP contribution in [0.2, 0.25) is 0 Å². The Morgan fingerprint density at radius 1 is 0.775 bits per heavy atom. The van der Waals surface area contributed by atoms with Gasteiger partial charge < -0.3 is 24.8 Å². The van der Waals surface area contributed by atoms with Gasteiger partial charge in [0.2, 0.25) is 0 Å². The molecule has 0 saturated carbocycles. The first-order valence-corrected chi connectivity index (χ1v) is 13.5. The molecule has 0 atom stereocenters. The minimum Gasteiger partial charge on any atom is -1.00 e. The number of hydrogen-bond acceptors (Lipinski definition) is 0. The average Bonchev–Trinajstić information content (AvgIpc) is 3.65. The summed E-state index contributed by atoms with van der Waals surface area (Å²) in [5, 5.41) is 0. The molecule has 0 amide bonds. The van der Waals surface area contributed by atoms with Gasteiger partial charge in [0.15, 0.2) is 0 Å². The van der Waals surface area contributed by atoms with Gasteiger partial charge in [0, 0.05) is 0 Å². The van der Waals surface area contributed by atoms with E-state index in [1.54, 1.807) is 24.3 Å². The molecule has 0 radical (unpaired) electrons. The van der Waals surface area contributed by atoms with Crippen molar-refractivity contribution < 1.29 is 57.8 Å². The molecule has 6 rings (SSSR count). The molecule has 0 aromatic heterocycles. The molecule has 0 aliphatic heterocycles. The number of fused-ring (bicyclic) bond motifs is 3. The van der Waals surface area contributed by atoms with E-state index in [0.29, 0.717) is 0 Å². The van der Waals surface area contributed by atoms with Crippen LogP contribution in [0.25, 0.3) is 23.3 Å². The summed E-state index contributed by atoms with van der Waals surface area (Å²) in [4.78, 5) is 0. The minimum absolute atomic E-state index is 0. The molecule has 40 heavy (non-hydrogen) atoms. The van der Waals surface area contributed by atoms with E-state index in [9.17, 15) is 8.78 Å². The molecule has 0 bridgehead atoms. The van der Waals surface area contributed by atoms with Crippen molar-refractivity contribution in [2.75, 3.05) is 0 Å². The Bertz CT molecular complexity index is 1410. The first-order chi connectivity index (χ1) is 18.5. The van der Waals surface area contributed by atoms with Crippen LogP contribution in [0.4, 0.5) is 8.78 Å². The molecular weight excluding hydrogens is 621 g/mol. The van der Waals surface area contributed by atoms with E-state index in [4.69, 9.17) is 0 Å². The molecule has 2 aliphatic rings. The van der Waals surface area contributed by atoms with Crippen LogP contribution in [0, 0.1) is 23.8 Å². The zero-order valence-corrected chi connectivity index (χ0v) is 25.7. The zero-order chi connectivity index (χ0) is 26.9. The van der Waals surface area contributed by atoms with Gasteiger partial charge in [-0.3, -0.25) is 6.08 Å². The van der Waals surface area contributed by atoms with Crippen molar-refractivity contribution >= 4 is 15.4 Å². The maximum absolute atomic E-state index is 12.8. The van der Waals surface area contributed by atoms with E-state index < -0.39 is 0 Å². The summed E-state index contributed by atoms with van der Waals surface area (Å²) in [7, 11) is 0. The normalized spacial score (nSPS) is 11.3. The van der Waals surface area contributed by atoms with Crippen LogP contribution in [-0.2, 0) is 30.7 Å². The van der Waals surface area contributed by atoms with Gasteiger partial charge in [-0.15, -0.1) is 30.2 Å². The standard InChI is InChI=1S/C17H13.C13H8F2.C5H5.2ClH.Zr/c1-3-12-5-7-14-11-15-8-6-13(4-2)10-17(15)16(14)9-12;14-12-5-1-10(2-6-12)9-11-3-7-13(15)8-4-11;1-2-4-5-3-1;;;/h3-7,9-10H,1-2,11H2;1-8H;1-3H,4H2;2*1H;/q-1;;-1;;;+2/p-2. The van der Waals surface area contributed by atoms with Gasteiger partial charge in [-0.2, -0.15) is 29.8 Å². The second-order valence-corrected chi connectivity index (χ2v) is 9.95. The molecule has 0 N–H and O–H groups in total. The number of benzene rings is 4. The molecule has 0 fully saturated rings. The van der Waals surface area contributed by atoms with Gasteiger partial charge in [-0.05, 0) is 12.0 Å². The quantitative estimate of drug-likeness (QED) is 0.264. The van der Waals surface area contributed by atoms with Crippen LogP contribution in [0.1, 0.15) is 39.8 Å². The maximum atomic E-state index is 12.8. The Morgan fingerprint density at radius 2 is 1.35 bits per heavy atom. The largest absolute Gasteiger partial charge is 1.00 e. The Labute approximate surface area is 263 Å². The molecule has 200 valence electrons. The monoisotopic (exact) mass is 644 g/mol. The minimum atomic E-state index is -0.244. The maximum Gasteiger partial charge on any atom is -0.109 e. The summed E-state index contributed by atoms with van der Waals surface area (Å²) < 4.78 is 26.6. The molecule has 4 aromatic rings.